The summed E-state index contributed by atoms with van der Waals surface area (Å²) < 4.78 is 16.6. The number of hydrogen-bond donors (Lipinski definition) is 2. The number of pyridine rings is 1. The van der Waals surface area contributed by atoms with Crippen LogP contribution in [0, 0.1) is 5.82 Å². The van der Waals surface area contributed by atoms with Crippen molar-refractivity contribution in [2.45, 2.75) is 32.4 Å². The lowest BCUT2D eigenvalue weighted by Crippen LogP contribution is -2.19. The highest BCUT2D eigenvalue weighted by atomic mass is 35.5. The molecule has 2 N–H and O–H groups in total. The number of aromatic nitrogens is 6. The Labute approximate surface area is 218 Å². The SMILES string of the molecule is C[C@@H](Nc1c(Cl)cnc2ccc(-c3cnc(C(C)(C)O)nc3)cc12)c1cc(-c2cnnn2C)ccc1F. The lowest BCUT2D eigenvalue weighted by molar-refractivity contribution is 0.0687. The van der Waals surface area contributed by atoms with E-state index in [1.807, 2.05) is 25.1 Å². The van der Waals surface area contributed by atoms with Gasteiger partial charge in [-0.3, -0.25) is 4.98 Å². The fraction of sp³-hybridized carbons (Fsp3) is 0.222. The third-order valence-electron chi connectivity index (χ3n) is 6.19. The van der Waals surface area contributed by atoms with Gasteiger partial charge in [0.15, 0.2) is 5.82 Å². The van der Waals surface area contributed by atoms with Gasteiger partial charge in [0.1, 0.15) is 11.4 Å². The Balaban J connectivity index is 1.52. The van der Waals surface area contributed by atoms with Crippen molar-refractivity contribution in [3.8, 4) is 22.4 Å². The van der Waals surface area contributed by atoms with Gasteiger partial charge in [0.2, 0.25) is 0 Å². The molecule has 0 radical (unpaired) electrons. The molecule has 0 saturated heterocycles. The Morgan fingerprint density at radius 3 is 2.38 bits per heavy atom. The maximum Gasteiger partial charge on any atom is 0.159 e. The average molecular weight is 518 g/mol. The van der Waals surface area contributed by atoms with Gasteiger partial charge in [0.05, 0.1) is 34.2 Å². The summed E-state index contributed by atoms with van der Waals surface area (Å²) in [6.07, 6.45) is 6.56. The van der Waals surface area contributed by atoms with Gasteiger partial charge in [-0.2, -0.15) is 0 Å². The van der Waals surface area contributed by atoms with Gasteiger partial charge in [-0.05, 0) is 56.7 Å². The van der Waals surface area contributed by atoms with E-state index in [4.69, 9.17) is 11.6 Å². The monoisotopic (exact) mass is 517 g/mol. The largest absolute Gasteiger partial charge is 0.382 e. The van der Waals surface area contributed by atoms with E-state index in [0.29, 0.717) is 22.1 Å². The van der Waals surface area contributed by atoms with Crippen LogP contribution in [0.4, 0.5) is 10.1 Å². The number of nitrogens with zero attached hydrogens (tertiary/aromatic N) is 6. The molecular formula is C27H25ClFN7O. The van der Waals surface area contributed by atoms with Crippen LogP contribution in [0.15, 0.2) is 61.2 Å². The number of benzene rings is 2. The van der Waals surface area contributed by atoms with Crippen LogP contribution in [-0.4, -0.2) is 35.1 Å². The molecule has 188 valence electrons. The second-order valence-electron chi connectivity index (χ2n) is 9.41. The number of anilines is 1. The van der Waals surface area contributed by atoms with Crippen LogP contribution in [0.25, 0.3) is 33.3 Å². The maximum atomic E-state index is 14.9. The first-order chi connectivity index (χ1) is 17.6. The van der Waals surface area contributed by atoms with Crippen molar-refractivity contribution in [1.29, 1.82) is 0 Å². The van der Waals surface area contributed by atoms with E-state index in [-0.39, 0.29) is 5.82 Å². The predicted molar refractivity (Wildman–Crippen MR) is 141 cm³/mol. The van der Waals surface area contributed by atoms with E-state index in [1.165, 1.54) is 6.07 Å². The van der Waals surface area contributed by atoms with E-state index in [0.717, 1.165) is 33.3 Å². The minimum Gasteiger partial charge on any atom is -0.382 e. The molecule has 0 fully saturated rings. The van der Waals surface area contributed by atoms with E-state index in [9.17, 15) is 9.50 Å². The maximum absolute atomic E-state index is 14.9. The van der Waals surface area contributed by atoms with Crippen LogP contribution >= 0.6 is 11.6 Å². The molecule has 1 atom stereocenters. The van der Waals surface area contributed by atoms with Gasteiger partial charge < -0.3 is 10.4 Å². The fourth-order valence-corrected chi connectivity index (χ4v) is 4.37. The Morgan fingerprint density at radius 2 is 1.70 bits per heavy atom. The van der Waals surface area contributed by atoms with Gasteiger partial charge in [-0.15, -0.1) is 5.10 Å². The molecule has 0 aliphatic heterocycles. The van der Waals surface area contributed by atoms with Gasteiger partial charge in [0, 0.05) is 47.7 Å². The molecule has 0 unspecified atom stereocenters. The van der Waals surface area contributed by atoms with Crippen LogP contribution in [0.3, 0.4) is 0 Å². The normalized spacial score (nSPS) is 12.6. The Hall–Kier alpha value is -3.95. The first kappa shape index (κ1) is 24.7. The third-order valence-corrected chi connectivity index (χ3v) is 6.47. The minimum atomic E-state index is -1.13. The molecule has 0 spiro atoms. The van der Waals surface area contributed by atoms with Gasteiger partial charge in [-0.1, -0.05) is 22.9 Å². The molecule has 5 rings (SSSR count). The summed E-state index contributed by atoms with van der Waals surface area (Å²) in [5, 5.41) is 22.6. The summed E-state index contributed by atoms with van der Waals surface area (Å²) in [6, 6.07) is 10.3. The Morgan fingerprint density at radius 1 is 0.973 bits per heavy atom. The number of aryl methyl sites for hydroxylation is 1. The molecule has 3 heterocycles. The molecule has 0 saturated carbocycles. The minimum absolute atomic E-state index is 0.335. The molecule has 37 heavy (non-hydrogen) atoms. The highest BCUT2D eigenvalue weighted by Crippen LogP contribution is 2.36. The summed E-state index contributed by atoms with van der Waals surface area (Å²) in [4.78, 5) is 13.1. The number of aliphatic hydroxyl groups is 1. The zero-order chi connectivity index (χ0) is 26.3. The lowest BCUT2D eigenvalue weighted by Gasteiger charge is -2.20. The van der Waals surface area contributed by atoms with Gasteiger partial charge in [0.25, 0.3) is 0 Å². The van der Waals surface area contributed by atoms with Crippen molar-refractivity contribution < 1.29 is 9.50 Å². The van der Waals surface area contributed by atoms with Crippen LogP contribution in [-0.2, 0) is 12.6 Å². The Bertz CT molecular complexity index is 1600. The van der Waals surface area contributed by atoms with E-state index < -0.39 is 11.6 Å². The van der Waals surface area contributed by atoms with Crippen molar-refractivity contribution >= 4 is 28.2 Å². The molecule has 0 amide bonds. The first-order valence-electron chi connectivity index (χ1n) is 11.7. The zero-order valence-corrected chi connectivity index (χ0v) is 21.5. The summed E-state index contributed by atoms with van der Waals surface area (Å²) in [5.41, 5.74) is 3.93. The number of halogens is 2. The highest BCUT2D eigenvalue weighted by molar-refractivity contribution is 6.34. The first-order valence-corrected chi connectivity index (χ1v) is 12.0. The van der Waals surface area contributed by atoms with E-state index in [2.05, 4.69) is 30.6 Å². The molecule has 2 aromatic carbocycles. The fourth-order valence-electron chi connectivity index (χ4n) is 4.17. The third kappa shape index (κ3) is 4.87. The number of rotatable bonds is 6. The second-order valence-corrected chi connectivity index (χ2v) is 9.82. The van der Waals surface area contributed by atoms with Gasteiger partial charge >= 0.3 is 0 Å². The van der Waals surface area contributed by atoms with Crippen molar-refractivity contribution in [3.63, 3.8) is 0 Å². The standard InChI is InChI=1S/C27H25ClFN7O/c1-15(19-10-17(5-7-22(19)29)24-14-33-35-36(24)4)34-25-20-9-16(6-8-23(20)30-13-21(25)28)18-11-31-26(32-12-18)27(2,3)37/h5-15,37H,1-4H3,(H,30,34)/t15-/m1/s1. The summed E-state index contributed by atoms with van der Waals surface area (Å²) in [7, 11) is 1.79. The molecule has 0 aliphatic carbocycles. The summed E-state index contributed by atoms with van der Waals surface area (Å²) >= 11 is 6.59. The smallest absolute Gasteiger partial charge is 0.159 e. The lowest BCUT2D eigenvalue weighted by atomic mass is 10.0. The summed E-state index contributed by atoms with van der Waals surface area (Å²) in [6.45, 7) is 5.15. The molecule has 3 aromatic heterocycles. The van der Waals surface area contributed by atoms with E-state index in [1.54, 1.807) is 62.5 Å². The average Bonchev–Trinajstić information content (AvgIpc) is 3.31. The predicted octanol–water partition coefficient (Wildman–Crippen LogP) is 5.68. The van der Waals surface area contributed by atoms with E-state index >= 15 is 0 Å². The van der Waals surface area contributed by atoms with Crippen molar-refractivity contribution in [1.82, 2.24) is 29.9 Å². The van der Waals surface area contributed by atoms with Crippen molar-refractivity contribution in [2.24, 2.45) is 7.05 Å². The van der Waals surface area contributed by atoms with Crippen LogP contribution < -0.4 is 5.32 Å². The molecular weight excluding hydrogens is 493 g/mol. The van der Waals surface area contributed by atoms with Crippen LogP contribution in [0.1, 0.15) is 38.2 Å². The quantitative estimate of drug-likeness (QED) is 0.299. The molecule has 8 nitrogen and oxygen atoms in total. The van der Waals surface area contributed by atoms with Crippen LogP contribution in [0.5, 0.6) is 0 Å². The Kier molecular flexibility index (Phi) is 6.35. The highest BCUT2D eigenvalue weighted by Gasteiger charge is 2.20. The summed E-state index contributed by atoms with van der Waals surface area (Å²) in [5.74, 6) is 0.00203. The van der Waals surface area contributed by atoms with Crippen molar-refractivity contribution in [3.05, 3.63) is 83.4 Å². The number of nitrogens with one attached hydrogen (secondary N) is 1. The molecule has 0 bridgehead atoms. The van der Waals surface area contributed by atoms with Gasteiger partial charge in [-0.25, -0.2) is 19.0 Å². The number of hydrogen-bond acceptors (Lipinski definition) is 7. The topological polar surface area (TPSA) is 102 Å². The molecule has 5 aromatic rings. The second kappa shape index (κ2) is 9.49. The number of fused-ring (bicyclic) bond motifs is 1. The molecule has 0 aliphatic rings. The molecule has 10 heteroatoms. The van der Waals surface area contributed by atoms with Crippen molar-refractivity contribution in [2.75, 3.05) is 5.32 Å². The van der Waals surface area contributed by atoms with Crippen LogP contribution in [0.2, 0.25) is 5.02 Å². The zero-order valence-electron chi connectivity index (χ0n) is 20.7.